The first kappa shape index (κ1) is 13.3. The average molecular weight is 278 g/mol. The molecule has 0 atom stereocenters. The van der Waals surface area contributed by atoms with E-state index >= 15 is 0 Å². The van der Waals surface area contributed by atoms with Crippen LogP contribution >= 0.6 is 0 Å². The second-order valence-electron chi connectivity index (χ2n) is 4.25. The Kier molecular flexibility index (Phi) is 2.78. The van der Waals surface area contributed by atoms with Crippen LogP contribution in [0.1, 0.15) is 0 Å². The van der Waals surface area contributed by atoms with E-state index in [1.807, 2.05) is 0 Å². The molecule has 8 heteroatoms. The van der Waals surface area contributed by atoms with E-state index in [1.165, 1.54) is 0 Å². The Morgan fingerprint density at radius 1 is 0.600 bits per heavy atom. The molecule has 106 valence electrons. The predicted molar refractivity (Wildman–Crippen MR) is 76.2 cm³/mol. The third kappa shape index (κ3) is 1.70. The summed E-state index contributed by atoms with van der Waals surface area (Å²) in [6, 6.07) is 2.30. The maximum absolute atomic E-state index is 9.94. The Morgan fingerprint density at radius 2 is 1.10 bits per heavy atom. The number of phenolic OH excluding ortho intramolecular Hbond substituents is 4. The van der Waals surface area contributed by atoms with E-state index in [-0.39, 0.29) is 33.9 Å². The number of anilines is 4. The minimum absolute atomic E-state index is 0.106. The maximum Gasteiger partial charge on any atom is 0.183 e. The van der Waals surface area contributed by atoms with Crippen molar-refractivity contribution in [2.75, 3.05) is 22.9 Å². The molecule has 0 radical (unpaired) electrons. The van der Waals surface area contributed by atoms with Crippen molar-refractivity contribution in [1.82, 2.24) is 0 Å². The Labute approximate surface area is 113 Å². The summed E-state index contributed by atoms with van der Waals surface area (Å²) in [6.45, 7) is 0. The molecule has 0 amide bonds. The SMILES string of the molecule is Nc1cc(O)c(-c2c(N)c(N)c(N)c(O)c2O)c(O)c1. The molecule has 0 saturated heterocycles. The Morgan fingerprint density at radius 3 is 1.60 bits per heavy atom. The van der Waals surface area contributed by atoms with Gasteiger partial charge < -0.3 is 43.4 Å². The van der Waals surface area contributed by atoms with Crippen LogP contribution in [0.2, 0.25) is 0 Å². The number of hydrogen-bond donors (Lipinski definition) is 8. The van der Waals surface area contributed by atoms with Crippen LogP contribution in [-0.2, 0) is 0 Å². The number of nitrogen functional groups attached to an aromatic ring is 4. The quantitative estimate of drug-likeness (QED) is 0.210. The smallest absolute Gasteiger partial charge is 0.183 e. The molecule has 0 bridgehead atoms. The molecule has 12 N–H and O–H groups in total. The van der Waals surface area contributed by atoms with Gasteiger partial charge in [0, 0.05) is 17.8 Å². The molecule has 20 heavy (non-hydrogen) atoms. The molecule has 0 aliphatic heterocycles. The first-order valence-electron chi connectivity index (χ1n) is 5.45. The summed E-state index contributed by atoms with van der Waals surface area (Å²) in [5.74, 6) is -2.27. The summed E-state index contributed by atoms with van der Waals surface area (Å²) in [5.41, 5.74) is 21.3. The lowest BCUT2D eigenvalue weighted by atomic mass is 9.97. The van der Waals surface area contributed by atoms with Crippen molar-refractivity contribution in [2.24, 2.45) is 0 Å². The van der Waals surface area contributed by atoms with Gasteiger partial charge in [-0.25, -0.2) is 0 Å². The second-order valence-corrected chi connectivity index (χ2v) is 4.25. The fourth-order valence-electron chi connectivity index (χ4n) is 1.92. The van der Waals surface area contributed by atoms with Crippen molar-refractivity contribution in [1.29, 1.82) is 0 Å². The van der Waals surface area contributed by atoms with Crippen LogP contribution < -0.4 is 22.9 Å². The van der Waals surface area contributed by atoms with E-state index in [2.05, 4.69) is 0 Å². The van der Waals surface area contributed by atoms with Crippen molar-refractivity contribution in [2.45, 2.75) is 0 Å². The van der Waals surface area contributed by atoms with Crippen molar-refractivity contribution >= 4 is 22.7 Å². The monoisotopic (exact) mass is 278 g/mol. The Balaban J connectivity index is 2.91. The van der Waals surface area contributed by atoms with E-state index in [0.717, 1.165) is 12.1 Å². The topological polar surface area (TPSA) is 185 Å². The summed E-state index contributed by atoms with van der Waals surface area (Å²) in [6.07, 6.45) is 0. The van der Waals surface area contributed by atoms with Crippen molar-refractivity contribution in [3.63, 3.8) is 0 Å². The molecule has 0 saturated carbocycles. The van der Waals surface area contributed by atoms with Crippen LogP contribution in [-0.4, -0.2) is 20.4 Å². The number of hydrogen-bond acceptors (Lipinski definition) is 8. The predicted octanol–water partition coefficient (Wildman–Crippen LogP) is 0.505. The average Bonchev–Trinajstić information content (AvgIpc) is 2.37. The number of rotatable bonds is 1. The van der Waals surface area contributed by atoms with Crippen LogP contribution in [0.15, 0.2) is 12.1 Å². The lowest BCUT2D eigenvalue weighted by Gasteiger charge is -2.17. The Hall–Kier alpha value is -3.16. The minimum atomic E-state index is -0.704. The van der Waals surface area contributed by atoms with E-state index in [9.17, 15) is 20.4 Å². The highest BCUT2D eigenvalue weighted by Gasteiger charge is 2.24. The molecular formula is C12H14N4O4. The summed E-state index contributed by atoms with van der Waals surface area (Å²) in [7, 11) is 0. The molecule has 2 aromatic rings. The third-order valence-electron chi connectivity index (χ3n) is 2.93. The molecular weight excluding hydrogens is 264 g/mol. The number of phenols is 4. The van der Waals surface area contributed by atoms with Gasteiger partial charge in [-0.3, -0.25) is 0 Å². The van der Waals surface area contributed by atoms with Gasteiger partial charge in [0.1, 0.15) is 17.2 Å². The molecule has 0 unspecified atom stereocenters. The minimum Gasteiger partial charge on any atom is -0.507 e. The molecule has 0 aromatic heterocycles. The van der Waals surface area contributed by atoms with Crippen molar-refractivity contribution in [3.05, 3.63) is 12.1 Å². The largest absolute Gasteiger partial charge is 0.507 e. The van der Waals surface area contributed by atoms with Gasteiger partial charge in [-0.2, -0.15) is 0 Å². The molecule has 0 aliphatic rings. The highest BCUT2D eigenvalue weighted by Crippen LogP contribution is 2.53. The molecule has 8 nitrogen and oxygen atoms in total. The second kappa shape index (κ2) is 4.19. The van der Waals surface area contributed by atoms with Crippen LogP contribution in [0.3, 0.4) is 0 Å². The summed E-state index contributed by atoms with van der Waals surface area (Å²) >= 11 is 0. The highest BCUT2D eigenvalue weighted by molar-refractivity contribution is 6.01. The summed E-state index contributed by atoms with van der Waals surface area (Å²) in [4.78, 5) is 0. The molecule has 0 aliphatic carbocycles. The van der Waals surface area contributed by atoms with Gasteiger partial charge in [-0.1, -0.05) is 0 Å². The van der Waals surface area contributed by atoms with Gasteiger partial charge in [0.05, 0.1) is 22.5 Å². The highest BCUT2D eigenvalue weighted by atomic mass is 16.3. The third-order valence-corrected chi connectivity index (χ3v) is 2.93. The lowest BCUT2D eigenvalue weighted by molar-refractivity contribution is 0.406. The summed E-state index contributed by atoms with van der Waals surface area (Å²) in [5, 5.41) is 39.4. The molecule has 0 spiro atoms. The molecule has 2 rings (SSSR count). The van der Waals surface area contributed by atoms with Gasteiger partial charge in [-0.15, -0.1) is 0 Å². The fraction of sp³-hybridized carbons (Fsp3) is 0. The first-order chi connectivity index (χ1) is 9.25. The fourth-order valence-corrected chi connectivity index (χ4v) is 1.92. The zero-order chi connectivity index (χ0) is 15.2. The normalized spacial score (nSPS) is 10.6. The maximum atomic E-state index is 9.94. The van der Waals surface area contributed by atoms with Crippen molar-refractivity contribution in [3.8, 4) is 34.1 Å². The van der Waals surface area contributed by atoms with Gasteiger partial charge in [0.2, 0.25) is 0 Å². The molecule has 0 heterocycles. The van der Waals surface area contributed by atoms with Gasteiger partial charge >= 0.3 is 0 Å². The standard InChI is InChI=1S/C12H14N4O4/c13-3-1-4(17)6(5(18)2-3)7-8(14)9(15)10(16)12(20)11(7)19/h1-2,17-20H,13-16H2. The van der Waals surface area contributed by atoms with E-state index in [4.69, 9.17) is 22.9 Å². The van der Waals surface area contributed by atoms with Crippen molar-refractivity contribution < 1.29 is 20.4 Å². The van der Waals surface area contributed by atoms with E-state index in [0.29, 0.717) is 0 Å². The Bertz CT molecular complexity index is 663. The van der Waals surface area contributed by atoms with Crippen LogP contribution in [0.4, 0.5) is 22.7 Å². The van der Waals surface area contributed by atoms with Gasteiger partial charge in [0.15, 0.2) is 11.5 Å². The first-order valence-corrected chi connectivity index (χ1v) is 5.45. The number of aromatic hydroxyl groups is 4. The van der Waals surface area contributed by atoms with Gasteiger partial charge in [0.25, 0.3) is 0 Å². The number of benzene rings is 2. The zero-order valence-electron chi connectivity index (χ0n) is 10.3. The van der Waals surface area contributed by atoms with Gasteiger partial charge in [-0.05, 0) is 0 Å². The lowest BCUT2D eigenvalue weighted by Crippen LogP contribution is -2.03. The van der Waals surface area contributed by atoms with E-state index in [1.54, 1.807) is 0 Å². The molecule has 0 fully saturated rings. The van der Waals surface area contributed by atoms with Crippen LogP contribution in [0.25, 0.3) is 11.1 Å². The molecule has 2 aromatic carbocycles. The zero-order valence-corrected chi connectivity index (χ0v) is 10.3. The van der Waals surface area contributed by atoms with Crippen LogP contribution in [0, 0.1) is 0 Å². The van der Waals surface area contributed by atoms with Crippen LogP contribution in [0.5, 0.6) is 23.0 Å². The summed E-state index contributed by atoms with van der Waals surface area (Å²) < 4.78 is 0. The number of nitrogens with two attached hydrogens (primary N) is 4. The van der Waals surface area contributed by atoms with E-state index < -0.39 is 23.0 Å².